The summed E-state index contributed by atoms with van der Waals surface area (Å²) in [5.41, 5.74) is 1.23. The van der Waals surface area contributed by atoms with E-state index in [0.717, 1.165) is 0 Å². The number of aliphatic imine (C=N–C) groups is 1. The average molecular weight is 348 g/mol. The molecule has 0 unspecified atom stereocenters. The van der Waals surface area contributed by atoms with Crippen LogP contribution in [0.3, 0.4) is 0 Å². The number of hydrogen-bond donors (Lipinski definition) is 1. The summed E-state index contributed by atoms with van der Waals surface area (Å²) < 4.78 is 11.2. The Labute approximate surface area is 147 Å². The lowest BCUT2D eigenvalue weighted by molar-refractivity contribution is -0.384. The second kappa shape index (κ2) is 6.21. The fourth-order valence-corrected chi connectivity index (χ4v) is 2.60. The average Bonchev–Trinajstić information content (AvgIpc) is 3.29. The SMILES string of the molecule is O=[N+]([O-])c1ccc(N=C(c2ccco2)c2oc3ccccc3c2O)cc1. The molecule has 0 amide bonds. The molecule has 0 atom stereocenters. The van der Waals surface area contributed by atoms with Gasteiger partial charge in [0.1, 0.15) is 5.58 Å². The van der Waals surface area contributed by atoms with Crippen molar-refractivity contribution in [3.63, 3.8) is 0 Å². The van der Waals surface area contributed by atoms with Crippen LogP contribution in [0, 0.1) is 10.1 Å². The molecule has 26 heavy (non-hydrogen) atoms. The largest absolute Gasteiger partial charge is 0.504 e. The zero-order valence-electron chi connectivity index (χ0n) is 13.3. The van der Waals surface area contributed by atoms with Crippen molar-refractivity contribution in [2.24, 2.45) is 4.99 Å². The fraction of sp³-hybridized carbons (Fsp3) is 0. The van der Waals surface area contributed by atoms with Crippen molar-refractivity contribution in [2.75, 3.05) is 0 Å². The van der Waals surface area contributed by atoms with Gasteiger partial charge in [-0.3, -0.25) is 10.1 Å². The summed E-state index contributed by atoms with van der Waals surface area (Å²) in [5, 5.41) is 21.9. The predicted molar refractivity (Wildman–Crippen MR) is 95.0 cm³/mol. The van der Waals surface area contributed by atoms with Gasteiger partial charge in [0, 0.05) is 12.1 Å². The van der Waals surface area contributed by atoms with Gasteiger partial charge >= 0.3 is 0 Å². The summed E-state index contributed by atoms with van der Waals surface area (Å²) in [5.74, 6) is 0.523. The zero-order valence-corrected chi connectivity index (χ0v) is 13.3. The summed E-state index contributed by atoms with van der Waals surface area (Å²) in [4.78, 5) is 14.8. The van der Waals surface area contributed by atoms with Crippen molar-refractivity contribution in [2.45, 2.75) is 0 Å². The highest BCUT2D eigenvalue weighted by Gasteiger charge is 2.22. The third-order valence-corrected chi connectivity index (χ3v) is 3.84. The number of nitro benzene ring substituents is 1. The van der Waals surface area contributed by atoms with Crippen molar-refractivity contribution in [1.29, 1.82) is 0 Å². The minimum absolute atomic E-state index is 0.0323. The first-order valence-electron chi connectivity index (χ1n) is 7.71. The highest BCUT2D eigenvalue weighted by molar-refractivity contribution is 6.14. The Hall–Kier alpha value is -3.87. The van der Waals surface area contributed by atoms with E-state index >= 15 is 0 Å². The number of fused-ring (bicyclic) bond motifs is 1. The van der Waals surface area contributed by atoms with Gasteiger partial charge in [-0.15, -0.1) is 0 Å². The van der Waals surface area contributed by atoms with Crippen LogP contribution in [0.4, 0.5) is 11.4 Å². The van der Waals surface area contributed by atoms with E-state index < -0.39 is 4.92 Å². The van der Waals surface area contributed by atoms with Crippen LogP contribution in [0.15, 0.2) is 80.8 Å². The molecule has 7 nitrogen and oxygen atoms in total. The summed E-state index contributed by atoms with van der Waals surface area (Å²) >= 11 is 0. The van der Waals surface area contributed by atoms with Gasteiger partial charge < -0.3 is 13.9 Å². The Balaban J connectivity index is 1.87. The lowest BCUT2D eigenvalue weighted by atomic mass is 10.1. The molecule has 0 fully saturated rings. The van der Waals surface area contributed by atoms with Crippen LogP contribution in [-0.2, 0) is 0 Å². The van der Waals surface area contributed by atoms with Gasteiger partial charge in [0.15, 0.2) is 23.0 Å². The maximum Gasteiger partial charge on any atom is 0.269 e. The number of rotatable bonds is 4. The third kappa shape index (κ3) is 2.71. The van der Waals surface area contributed by atoms with Gasteiger partial charge in [-0.2, -0.15) is 0 Å². The van der Waals surface area contributed by atoms with Crippen molar-refractivity contribution < 1.29 is 18.9 Å². The monoisotopic (exact) mass is 348 g/mol. The van der Waals surface area contributed by atoms with Crippen molar-refractivity contribution in [1.82, 2.24) is 0 Å². The van der Waals surface area contributed by atoms with Crippen LogP contribution in [0.25, 0.3) is 11.0 Å². The van der Waals surface area contributed by atoms with E-state index in [2.05, 4.69) is 4.99 Å². The number of furan rings is 2. The summed E-state index contributed by atoms with van der Waals surface area (Å²) in [6, 6.07) is 16.2. The minimum atomic E-state index is -0.480. The Kier molecular flexibility index (Phi) is 3.74. The lowest BCUT2D eigenvalue weighted by Gasteiger charge is -2.02. The molecular weight excluding hydrogens is 336 g/mol. The van der Waals surface area contributed by atoms with E-state index in [0.29, 0.717) is 22.4 Å². The molecule has 4 rings (SSSR count). The van der Waals surface area contributed by atoms with E-state index in [-0.39, 0.29) is 22.9 Å². The second-order valence-electron chi connectivity index (χ2n) is 5.49. The minimum Gasteiger partial charge on any atom is -0.504 e. The quantitative estimate of drug-likeness (QED) is 0.324. The predicted octanol–water partition coefficient (Wildman–Crippen LogP) is 4.81. The van der Waals surface area contributed by atoms with Gasteiger partial charge in [0.25, 0.3) is 5.69 Å². The molecule has 128 valence electrons. The third-order valence-electron chi connectivity index (χ3n) is 3.84. The standard InChI is InChI=1S/C19H12N2O5/c22-18-14-4-1-2-5-15(14)26-19(18)17(16-6-3-11-25-16)20-12-7-9-13(10-8-12)21(23)24/h1-11,22H. The molecule has 1 N–H and O–H groups in total. The summed E-state index contributed by atoms with van der Waals surface area (Å²) in [6.07, 6.45) is 1.49. The molecule has 0 saturated heterocycles. The number of non-ortho nitro benzene ring substituents is 1. The van der Waals surface area contributed by atoms with Crippen LogP contribution in [0.2, 0.25) is 0 Å². The van der Waals surface area contributed by atoms with E-state index in [1.54, 1.807) is 36.4 Å². The molecule has 2 aromatic carbocycles. The highest BCUT2D eigenvalue weighted by Crippen LogP contribution is 2.34. The van der Waals surface area contributed by atoms with Crippen molar-refractivity contribution in [3.8, 4) is 5.75 Å². The highest BCUT2D eigenvalue weighted by atomic mass is 16.6. The Morgan fingerprint density at radius 3 is 2.46 bits per heavy atom. The lowest BCUT2D eigenvalue weighted by Crippen LogP contribution is -2.00. The Morgan fingerprint density at radius 2 is 1.81 bits per heavy atom. The van der Waals surface area contributed by atoms with E-state index in [1.165, 1.54) is 30.5 Å². The Morgan fingerprint density at radius 1 is 1.04 bits per heavy atom. The molecule has 4 aromatic rings. The molecule has 7 heteroatoms. The zero-order chi connectivity index (χ0) is 18.1. The van der Waals surface area contributed by atoms with Gasteiger partial charge in [-0.1, -0.05) is 12.1 Å². The molecular formula is C19H12N2O5. The molecule has 0 spiro atoms. The van der Waals surface area contributed by atoms with Crippen LogP contribution in [0.5, 0.6) is 5.75 Å². The first-order chi connectivity index (χ1) is 12.6. The van der Waals surface area contributed by atoms with Crippen LogP contribution in [-0.4, -0.2) is 15.7 Å². The van der Waals surface area contributed by atoms with Gasteiger partial charge in [0.05, 0.1) is 22.3 Å². The fourth-order valence-electron chi connectivity index (χ4n) is 2.60. The van der Waals surface area contributed by atoms with Crippen LogP contribution < -0.4 is 0 Å². The van der Waals surface area contributed by atoms with E-state index in [4.69, 9.17) is 8.83 Å². The van der Waals surface area contributed by atoms with Gasteiger partial charge in [-0.05, 0) is 36.4 Å². The van der Waals surface area contributed by atoms with Crippen molar-refractivity contribution in [3.05, 3.63) is 88.6 Å². The van der Waals surface area contributed by atoms with E-state index in [9.17, 15) is 15.2 Å². The van der Waals surface area contributed by atoms with Gasteiger partial charge in [-0.25, -0.2) is 4.99 Å². The number of nitro groups is 1. The molecule has 2 heterocycles. The molecule has 0 radical (unpaired) electrons. The molecule has 0 saturated carbocycles. The van der Waals surface area contributed by atoms with Crippen LogP contribution in [0.1, 0.15) is 11.5 Å². The molecule has 0 aliphatic carbocycles. The Bertz CT molecular complexity index is 1110. The molecule has 0 aliphatic rings. The number of nitrogens with zero attached hydrogens (tertiary/aromatic N) is 2. The molecule has 0 aliphatic heterocycles. The van der Waals surface area contributed by atoms with Crippen molar-refractivity contribution >= 4 is 28.1 Å². The number of aromatic hydroxyl groups is 1. The number of benzene rings is 2. The number of para-hydroxylation sites is 1. The van der Waals surface area contributed by atoms with Gasteiger partial charge in [0.2, 0.25) is 0 Å². The van der Waals surface area contributed by atoms with Crippen LogP contribution >= 0.6 is 0 Å². The topological polar surface area (TPSA) is 102 Å². The summed E-state index contributed by atoms with van der Waals surface area (Å²) in [7, 11) is 0. The first-order valence-corrected chi connectivity index (χ1v) is 7.71. The summed E-state index contributed by atoms with van der Waals surface area (Å²) in [6.45, 7) is 0. The normalized spacial score (nSPS) is 11.8. The molecule has 2 aromatic heterocycles. The smallest absolute Gasteiger partial charge is 0.269 e. The number of hydrogen-bond acceptors (Lipinski definition) is 6. The molecule has 0 bridgehead atoms. The maximum absolute atomic E-state index is 10.8. The van der Waals surface area contributed by atoms with E-state index in [1.807, 2.05) is 0 Å². The second-order valence-corrected chi connectivity index (χ2v) is 5.49. The first kappa shape index (κ1) is 15.6. The maximum atomic E-state index is 10.8.